The molecule has 0 saturated carbocycles. The number of rotatable bonds is 2. The van der Waals surface area contributed by atoms with Gasteiger partial charge in [0.2, 0.25) is 0 Å². The van der Waals surface area contributed by atoms with E-state index in [9.17, 15) is 0 Å². The summed E-state index contributed by atoms with van der Waals surface area (Å²) in [6, 6.07) is 58.5. The second kappa shape index (κ2) is 10.0. The van der Waals surface area contributed by atoms with E-state index >= 15 is 0 Å². The number of benzene rings is 6. The number of hydrogen-bond donors (Lipinski definition) is 0. The zero-order chi connectivity index (χ0) is 32.9. The minimum Gasteiger partial charge on any atom is -0.459 e. The Morgan fingerprint density at radius 3 is 0.940 bits per heavy atom. The molecule has 2 aromatic heterocycles. The van der Waals surface area contributed by atoms with Gasteiger partial charge in [0.25, 0.3) is 0 Å². The topological polar surface area (TPSA) is 44.7 Å². The van der Waals surface area contributed by atoms with Crippen LogP contribution in [0.15, 0.2) is 179 Å². The summed E-state index contributed by atoms with van der Waals surface area (Å²) >= 11 is 0. The normalized spacial score (nSPS) is 15.0. The molecule has 50 heavy (non-hydrogen) atoms. The van der Waals surface area contributed by atoms with E-state index in [0.717, 1.165) is 90.5 Å². The van der Waals surface area contributed by atoms with E-state index in [2.05, 4.69) is 133 Å². The summed E-state index contributed by atoms with van der Waals surface area (Å²) in [6.07, 6.45) is 0. The predicted octanol–water partition coefficient (Wildman–Crippen LogP) is 11.5. The first-order chi connectivity index (χ1) is 24.8. The average Bonchev–Trinajstić information content (AvgIpc) is 3.84. The van der Waals surface area contributed by atoms with E-state index in [1.165, 1.54) is 0 Å². The van der Waals surface area contributed by atoms with Gasteiger partial charge >= 0.3 is 0 Å². The Morgan fingerprint density at radius 2 is 0.600 bits per heavy atom. The highest BCUT2D eigenvalue weighted by Crippen LogP contribution is 2.68. The number of fused-ring (bicyclic) bond motifs is 14. The molecule has 4 heteroatoms. The Balaban J connectivity index is 1.38. The molecule has 0 amide bonds. The smallest absolute Gasteiger partial charge is 0.134 e. The van der Waals surface area contributed by atoms with Gasteiger partial charge in [-0.3, -0.25) is 0 Å². The lowest BCUT2D eigenvalue weighted by Gasteiger charge is -2.48. The Morgan fingerprint density at radius 1 is 0.300 bits per heavy atom. The van der Waals surface area contributed by atoms with Crippen molar-refractivity contribution in [2.24, 2.45) is 0 Å². The molecule has 4 nitrogen and oxygen atoms in total. The van der Waals surface area contributed by atoms with Gasteiger partial charge in [0.15, 0.2) is 0 Å². The molecule has 0 N–H and O–H groups in total. The van der Waals surface area contributed by atoms with Gasteiger partial charge in [-0.1, -0.05) is 133 Å². The minimum absolute atomic E-state index is 0.783. The highest BCUT2D eigenvalue weighted by atomic mass is 16.5. The molecule has 0 radical (unpaired) electrons. The number of para-hydroxylation sites is 4. The molecular formula is C46H28O4. The molecule has 11 rings (SSSR count). The van der Waals surface area contributed by atoms with Crippen LogP contribution in [-0.2, 0) is 10.8 Å². The summed E-state index contributed by atoms with van der Waals surface area (Å²) in [5, 5.41) is 0. The molecule has 2 aliphatic heterocycles. The van der Waals surface area contributed by atoms with E-state index in [4.69, 9.17) is 18.3 Å². The summed E-state index contributed by atoms with van der Waals surface area (Å²) in [7, 11) is 0. The van der Waals surface area contributed by atoms with Crippen molar-refractivity contribution in [1.29, 1.82) is 0 Å². The van der Waals surface area contributed by atoms with E-state index in [1.807, 2.05) is 36.4 Å². The van der Waals surface area contributed by atoms with Gasteiger partial charge in [0.05, 0.1) is 0 Å². The minimum atomic E-state index is -0.910. The van der Waals surface area contributed by atoms with Crippen molar-refractivity contribution >= 4 is 0 Å². The first-order valence-electron chi connectivity index (χ1n) is 16.9. The molecule has 0 atom stereocenters. The average molecular weight is 645 g/mol. The maximum atomic E-state index is 7.39. The van der Waals surface area contributed by atoms with E-state index in [-0.39, 0.29) is 0 Å². The standard InChI is InChI=1S/C46H28O4/c1-3-15-29(16-4-1)41-27-35-43(49-41)46(33-21-9-13-25-39(33)48-40-26-14-10-22-34(40)46)36-28-42(30-17-5-2-6-18-30)50-44(36)45(35)31-19-7-11-23-37(31)47-38-24-12-8-20-32(38)45/h1-28H. The van der Waals surface area contributed by atoms with E-state index in [0.29, 0.717) is 0 Å². The highest BCUT2D eigenvalue weighted by Gasteiger charge is 2.63. The van der Waals surface area contributed by atoms with Crippen LogP contribution in [0.3, 0.4) is 0 Å². The fourth-order valence-electron chi connectivity index (χ4n) is 8.69. The Hall–Kier alpha value is -6.52. The monoisotopic (exact) mass is 644 g/mol. The zero-order valence-corrected chi connectivity index (χ0v) is 26.8. The Bertz CT molecular complexity index is 2290. The molecule has 0 saturated heterocycles. The maximum absolute atomic E-state index is 7.39. The van der Waals surface area contributed by atoms with Crippen LogP contribution in [0.25, 0.3) is 22.6 Å². The van der Waals surface area contributed by atoms with Crippen molar-refractivity contribution in [1.82, 2.24) is 0 Å². The second-order valence-corrected chi connectivity index (χ2v) is 13.1. The first-order valence-corrected chi connectivity index (χ1v) is 16.9. The van der Waals surface area contributed by atoms with E-state index in [1.54, 1.807) is 0 Å². The van der Waals surface area contributed by atoms with Crippen molar-refractivity contribution in [2.75, 3.05) is 0 Å². The van der Waals surface area contributed by atoms with Crippen LogP contribution in [0.1, 0.15) is 44.9 Å². The second-order valence-electron chi connectivity index (χ2n) is 13.1. The lowest BCUT2D eigenvalue weighted by atomic mass is 9.53. The van der Waals surface area contributed by atoms with Crippen LogP contribution in [-0.4, -0.2) is 0 Å². The zero-order valence-electron chi connectivity index (χ0n) is 26.8. The largest absolute Gasteiger partial charge is 0.459 e. The van der Waals surface area contributed by atoms with Crippen molar-refractivity contribution in [3.63, 3.8) is 0 Å². The Kier molecular flexibility index (Phi) is 5.49. The maximum Gasteiger partial charge on any atom is 0.134 e. The molecule has 236 valence electrons. The molecule has 0 unspecified atom stereocenters. The summed E-state index contributed by atoms with van der Waals surface area (Å²) in [6.45, 7) is 0. The van der Waals surface area contributed by atoms with Crippen molar-refractivity contribution in [3.05, 3.63) is 215 Å². The molecule has 2 spiro atoms. The SMILES string of the molecule is c1ccc(-c2cc3c(o2)C2(c4ccccc4Oc4ccccc42)c2cc(-c4ccccc4)oc2C32c3ccccc3Oc3ccccc32)cc1. The van der Waals surface area contributed by atoms with Gasteiger partial charge < -0.3 is 18.3 Å². The molecular weight excluding hydrogens is 617 g/mol. The van der Waals surface area contributed by atoms with Gasteiger partial charge in [-0.2, -0.15) is 0 Å². The summed E-state index contributed by atoms with van der Waals surface area (Å²) < 4.78 is 28.1. The summed E-state index contributed by atoms with van der Waals surface area (Å²) in [5.74, 6) is 6.37. The molecule has 0 bridgehead atoms. The van der Waals surface area contributed by atoms with Gasteiger partial charge in [0.1, 0.15) is 56.9 Å². The van der Waals surface area contributed by atoms with Gasteiger partial charge in [-0.05, 0) is 36.4 Å². The molecule has 8 aromatic rings. The van der Waals surface area contributed by atoms with Gasteiger partial charge in [-0.25, -0.2) is 0 Å². The van der Waals surface area contributed by atoms with Crippen molar-refractivity contribution in [2.45, 2.75) is 10.8 Å². The quantitative estimate of drug-likeness (QED) is 0.188. The fourth-order valence-corrected chi connectivity index (χ4v) is 8.69. The highest BCUT2D eigenvalue weighted by molar-refractivity contribution is 5.82. The lowest BCUT2D eigenvalue weighted by molar-refractivity contribution is 0.353. The van der Waals surface area contributed by atoms with Gasteiger partial charge in [0, 0.05) is 44.5 Å². The third-order valence-electron chi connectivity index (χ3n) is 10.7. The first kappa shape index (κ1) is 27.4. The predicted molar refractivity (Wildman–Crippen MR) is 192 cm³/mol. The third-order valence-corrected chi connectivity index (χ3v) is 10.7. The molecule has 4 heterocycles. The van der Waals surface area contributed by atoms with E-state index < -0.39 is 10.8 Å². The van der Waals surface area contributed by atoms with Crippen LogP contribution in [0.5, 0.6) is 23.0 Å². The number of hydrogen-bond acceptors (Lipinski definition) is 4. The van der Waals surface area contributed by atoms with Crippen LogP contribution in [0.4, 0.5) is 0 Å². The van der Waals surface area contributed by atoms with Crippen molar-refractivity contribution in [3.8, 4) is 45.6 Å². The van der Waals surface area contributed by atoms with Gasteiger partial charge in [-0.15, -0.1) is 0 Å². The van der Waals surface area contributed by atoms with Crippen LogP contribution in [0, 0.1) is 0 Å². The molecule has 6 aromatic carbocycles. The van der Waals surface area contributed by atoms with Crippen LogP contribution in [0.2, 0.25) is 0 Å². The molecule has 1 aliphatic carbocycles. The van der Waals surface area contributed by atoms with Crippen molar-refractivity contribution < 1.29 is 18.3 Å². The fraction of sp³-hybridized carbons (Fsp3) is 0.0435. The summed E-state index contributed by atoms with van der Waals surface area (Å²) in [5.41, 5.74) is 6.18. The molecule has 0 fully saturated rings. The lowest BCUT2D eigenvalue weighted by Crippen LogP contribution is -2.46. The molecule has 3 aliphatic rings. The van der Waals surface area contributed by atoms with Crippen LogP contribution >= 0.6 is 0 Å². The number of ether oxygens (including phenoxy) is 2. The number of furan rings is 2. The summed E-state index contributed by atoms with van der Waals surface area (Å²) in [4.78, 5) is 0. The van der Waals surface area contributed by atoms with Crippen LogP contribution < -0.4 is 9.47 Å². The Labute approximate surface area is 288 Å². The third kappa shape index (κ3) is 3.40.